The number of carbonyl (C=O) groups is 1. The Balaban J connectivity index is 1.76. The predicted octanol–water partition coefficient (Wildman–Crippen LogP) is 3.12. The predicted molar refractivity (Wildman–Crippen MR) is 82.5 cm³/mol. The molecule has 21 heavy (non-hydrogen) atoms. The summed E-state index contributed by atoms with van der Waals surface area (Å²) in [6, 6.07) is 17.6. The second kappa shape index (κ2) is 7.25. The Hall–Kier alpha value is -2.60. The Morgan fingerprint density at radius 1 is 1.05 bits per heavy atom. The first-order valence-electron chi connectivity index (χ1n) is 6.98. The zero-order chi connectivity index (χ0) is 15.1. The minimum Gasteiger partial charge on any atom is -0.352 e. The Kier molecular flexibility index (Phi) is 5.11. The van der Waals surface area contributed by atoms with Crippen molar-refractivity contribution in [3.8, 4) is 6.07 Å². The molecule has 0 heterocycles. The molecule has 0 saturated heterocycles. The van der Waals surface area contributed by atoms with Crippen LogP contribution in [-0.4, -0.2) is 5.91 Å². The summed E-state index contributed by atoms with van der Waals surface area (Å²) in [6.07, 6.45) is 1.14. The van der Waals surface area contributed by atoms with Crippen LogP contribution in [0.4, 0.5) is 0 Å². The molecule has 0 unspecified atom stereocenters. The van der Waals surface area contributed by atoms with Crippen molar-refractivity contribution < 1.29 is 4.79 Å². The zero-order valence-electron chi connectivity index (χ0n) is 12.1. The number of nitrogens with one attached hydrogen (secondary N) is 1. The average Bonchev–Trinajstić information content (AvgIpc) is 2.53. The molecule has 0 spiro atoms. The highest BCUT2D eigenvalue weighted by Gasteiger charge is 2.02. The molecule has 0 aliphatic carbocycles. The number of benzene rings is 2. The van der Waals surface area contributed by atoms with Crippen molar-refractivity contribution >= 4 is 5.91 Å². The molecule has 3 heteroatoms. The van der Waals surface area contributed by atoms with Gasteiger partial charge in [0.15, 0.2) is 0 Å². The molecule has 0 aliphatic heterocycles. The number of aryl methyl sites for hydroxylation is 2. The van der Waals surface area contributed by atoms with Gasteiger partial charge in [-0.1, -0.05) is 42.0 Å². The molecule has 0 fully saturated rings. The fourth-order valence-corrected chi connectivity index (χ4v) is 2.00. The number of amides is 1. The highest BCUT2D eigenvalue weighted by Crippen LogP contribution is 2.06. The van der Waals surface area contributed by atoms with Crippen LogP contribution in [0.1, 0.15) is 28.7 Å². The van der Waals surface area contributed by atoms with Gasteiger partial charge in [0.25, 0.3) is 0 Å². The Morgan fingerprint density at radius 3 is 2.29 bits per heavy atom. The lowest BCUT2D eigenvalue weighted by molar-refractivity contribution is -0.121. The lowest BCUT2D eigenvalue weighted by atomic mass is 10.1. The van der Waals surface area contributed by atoms with Crippen molar-refractivity contribution in [3.05, 3.63) is 70.8 Å². The van der Waals surface area contributed by atoms with Gasteiger partial charge >= 0.3 is 0 Å². The van der Waals surface area contributed by atoms with E-state index in [1.54, 1.807) is 12.1 Å². The van der Waals surface area contributed by atoms with Crippen molar-refractivity contribution in [2.24, 2.45) is 0 Å². The number of carbonyl (C=O) groups excluding carboxylic acids is 1. The van der Waals surface area contributed by atoms with Gasteiger partial charge in [-0.2, -0.15) is 5.26 Å². The fraction of sp³-hybridized carbons (Fsp3) is 0.222. The van der Waals surface area contributed by atoms with Gasteiger partial charge in [0.2, 0.25) is 5.91 Å². The van der Waals surface area contributed by atoms with E-state index in [-0.39, 0.29) is 5.91 Å². The number of nitriles is 1. The van der Waals surface area contributed by atoms with Crippen molar-refractivity contribution in [2.75, 3.05) is 0 Å². The number of rotatable bonds is 5. The summed E-state index contributed by atoms with van der Waals surface area (Å²) in [5, 5.41) is 11.6. The summed E-state index contributed by atoms with van der Waals surface area (Å²) in [5.74, 6) is 0.0416. The Morgan fingerprint density at radius 2 is 1.67 bits per heavy atom. The van der Waals surface area contributed by atoms with Crippen LogP contribution in [0, 0.1) is 18.3 Å². The normalized spacial score (nSPS) is 9.90. The van der Waals surface area contributed by atoms with E-state index in [9.17, 15) is 4.79 Å². The van der Waals surface area contributed by atoms with Crippen molar-refractivity contribution in [1.29, 1.82) is 5.26 Å². The van der Waals surface area contributed by atoms with Gasteiger partial charge < -0.3 is 5.32 Å². The largest absolute Gasteiger partial charge is 0.352 e. The lowest BCUT2D eigenvalue weighted by Crippen LogP contribution is -2.22. The maximum Gasteiger partial charge on any atom is 0.220 e. The lowest BCUT2D eigenvalue weighted by Gasteiger charge is -2.06. The fourth-order valence-electron chi connectivity index (χ4n) is 2.00. The molecule has 106 valence electrons. The second-order valence-corrected chi connectivity index (χ2v) is 5.07. The van der Waals surface area contributed by atoms with Crippen LogP contribution in [0.5, 0.6) is 0 Å². The van der Waals surface area contributed by atoms with Crippen LogP contribution < -0.4 is 5.32 Å². The van der Waals surface area contributed by atoms with Crippen LogP contribution in [0.15, 0.2) is 48.5 Å². The number of hydrogen-bond donors (Lipinski definition) is 1. The molecule has 0 bridgehead atoms. The smallest absolute Gasteiger partial charge is 0.220 e. The number of nitrogens with zero attached hydrogens (tertiary/aromatic N) is 1. The van der Waals surface area contributed by atoms with Gasteiger partial charge in [-0.3, -0.25) is 4.79 Å². The summed E-state index contributed by atoms with van der Waals surface area (Å²) < 4.78 is 0. The summed E-state index contributed by atoms with van der Waals surface area (Å²) in [7, 11) is 0. The van der Waals surface area contributed by atoms with E-state index in [4.69, 9.17) is 5.26 Å². The number of hydrogen-bond acceptors (Lipinski definition) is 2. The summed E-state index contributed by atoms with van der Waals surface area (Å²) in [4.78, 5) is 11.8. The maximum atomic E-state index is 11.8. The van der Waals surface area contributed by atoms with E-state index in [1.807, 2.05) is 43.3 Å². The molecule has 3 nitrogen and oxygen atoms in total. The molecule has 1 N–H and O–H groups in total. The van der Waals surface area contributed by atoms with Crippen molar-refractivity contribution in [2.45, 2.75) is 26.3 Å². The highest BCUT2D eigenvalue weighted by atomic mass is 16.1. The van der Waals surface area contributed by atoms with Crippen LogP contribution in [-0.2, 0) is 17.8 Å². The molecular weight excluding hydrogens is 260 g/mol. The first-order valence-corrected chi connectivity index (χ1v) is 6.98. The van der Waals surface area contributed by atoms with Crippen molar-refractivity contribution in [3.63, 3.8) is 0 Å². The SMILES string of the molecule is Cc1ccc(CNC(=O)CCc2ccc(C#N)cc2)cc1. The standard InChI is InChI=1S/C18H18N2O/c1-14-2-4-17(5-3-14)13-20-18(21)11-10-15-6-8-16(12-19)9-7-15/h2-9H,10-11,13H2,1H3,(H,20,21). The minimum atomic E-state index is 0.0416. The third kappa shape index (κ3) is 4.77. The summed E-state index contributed by atoms with van der Waals surface area (Å²) >= 11 is 0. The molecule has 2 rings (SSSR count). The molecule has 0 aromatic heterocycles. The third-order valence-electron chi connectivity index (χ3n) is 3.33. The van der Waals surface area contributed by atoms with Crippen LogP contribution in [0.2, 0.25) is 0 Å². The average molecular weight is 278 g/mol. The van der Waals surface area contributed by atoms with Gasteiger partial charge in [0.05, 0.1) is 11.6 Å². The molecule has 0 saturated carbocycles. The summed E-state index contributed by atoms with van der Waals surface area (Å²) in [6.45, 7) is 2.60. The van der Waals surface area contributed by atoms with E-state index >= 15 is 0 Å². The molecule has 0 aliphatic rings. The van der Waals surface area contributed by atoms with E-state index in [1.165, 1.54) is 5.56 Å². The zero-order valence-corrected chi connectivity index (χ0v) is 12.1. The quantitative estimate of drug-likeness (QED) is 0.913. The van der Waals surface area contributed by atoms with Crippen LogP contribution >= 0.6 is 0 Å². The van der Waals surface area contributed by atoms with Gasteiger partial charge in [0, 0.05) is 13.0 Å². The second-order valence-electron chi connectivity index (χ2n) is 5.07. The summed E-state index contributed by atoms with van der Waals surface area (Å²) in [5.41, 5.74) is 4.03. The molecular formula is C18H18N2O. The maximum absolute atomic E-state index is 11.8. The first-order chi connectivity index (χ1) is 10.2. The van der Waals surface area contributed by atoms with Gasteiger partial charge in [-0.25, -0.2) is 0 Å². The van der Waals surface area contributed by atoms with Gasteiger partial charge in [-0.05, 0) is 36.6 Å². The van der Waals surface area contributed by atoms with Crippen LogP contribution in [0.25, 0.3) is 0 Å². The van der Waals surface area contributed by atoms with Crippen LogP contribution in [0.3, 0.4) is 0 Å². The van der Waals surface area contributed by atoms with Gasteiger partial charge in [-0.15, -0.1) is 0 Å². The monoisotopic (exact) mass is 278 g/mol. The Labute approximate surface area is 125 Å². The molecule has 2 aromatic carbocycles. The van der Waals surface area contributed by atoms with Crippen molar-refractivity contribution in [1.82, 2.24) is 5.32 Å². The van der Waals surface area contributed by atoms with E-state index in [2.05, 4.69) is 11.4 Å². The van der Waals surface area contributed by atoms with Gasteiger partial charge in [0.1, 0.15) is 0 Å². The van der Waals surface area contributed by atoms with E-state index in [0.717, 1.165) is 11.1 Å². The molecule has 2 aromatic rings. The third-order valence-corrected chi connectivity index (χ3v) is 3.33. The molecule has 1 amide bonds. The minimum absolute atomic E-state index is 0.0416. The Bertz CT molecular complexity index is 636. The topological polar surface area (TPSA) is 52.9 Å². The van der Waals surface area contributed by atoms with E-state index in [0.29, 0.717) is 24.9 Å². The molecule has 0 atom stereocenters. The highest BCUT2D eigenvalue weighted by molar-refractivity contribution is 5.76. The molecule has 0 radical (unpaired) electrons. The van der Waals surface area contributed by atoms with E-state index < -0.39 is 0 Å². The first kappa shape index (κ1) is 14.8.